The van der Waals surface area contributed by atoms with Gasteiger partial charge in [-0.1, -0.05) is 23.7 Å². The molecule has 0 bridgehead atoms. The van der Waals surface area contributed by atoms with Crippen molar-refractivity contribution in [1.82, 2.24) is 14.7 Å². The Labute approximate surface area is 176 Å². The van der Waals surface area contributed by atoms with E-state index < -0.39 is 5.97 Å². The number of carbonyl (C=O) groups excluding carboxylic acids is 1. The fourth-order valence-electron chi connectivity index (χ4n) is 3.50. The summed E-state index contributed by atoms with van der Waals surface area (Å²) in [5.41, 5.74) is 3.01. The minimum Gasteiger partial charge on any atom is -0.476 e. The minimum absolute atomic E-state index is 0.115. The Hall–Kier alpha value is -3.45. The van der Waals surface area contributed by atoms with Crippen molar-refractivity contribution in [2.45, 2.75) is 13.5 Å². The van der Waals surface area contributed by atoms with Gasteiger partial charge in [0.1, 0.15) is 5.82 Å². The standard InChI is InChI=1S/C22H17ClFN3O3/c1-13(28)26-11-15(10-14-2-6-17(24)7-3-14)21-19(12-26)20(22(29)30)25-27(21)18-8-4-16(23)5-9-18/h2-10H,11-12H2,1H3,(H,29,30). The summed E-state index contributed by atoms with van der Waals surface area (Å²) >= 11 is 5.99. The fraction of sp³-hybridized carbons (Fsp3) is 0.136. The molecule has 0 fully saturated rings. The number of benzene rings is 2. The Morgan fingerprint density at radius 1 is 1.10 bits per heavy atom. The lowest BCUT2D eigenvalue weighted by Gasteiger charge is -2.29. The third-order valence-electron chi connectivity index (χ3n) is 4.93. The molecule has 0 unspecified atom stereocenters. The molecule has 30 heavy (non-hydrogen) atoms. The van der Waals surface area contributed by atoms with Crippen LogP contribution >= 0.6 is 11.6 Å². The number of rotatable bonds is 3. The van der Waals surface area contributed by atoms with Crippen molar-refractivity contribution in [2.24, 2.45) is 0 Å². The first kappa shape index (κ1) is 19.8. The van der Waals surface area contributed by atoms with E-state index in [9.17, 15) is 19.1 Å². The molecule has 1 aromatic heterocycles. The average Bonchev–Trinajstić information content (AvgIpc) is 3.10. The van der Waals surface area contributed by atoms with Gasteiger partial charge in [0, 0.05) is 24.1 Å². The lowest BCUT2D eigenvalue weighted by atomic mass is 9.97. The van der Waals surface area contributed by atoms with E-state index in [4.69, 9.17) is 11.6 Å². The highest BCUT2D eigenvalue weighted by Crippen LogP contribution is 2.34. The van der Waals surface area contributed by atoms with E-state index in [1.807, 2.05) is 6.08 Å². The second-order valence-corrected chi connectivity index (χ2v) is 7.40. The Bertz CT molecular complexity index is 1170. The molecule has 1 N–H and O–H groups in total. The number of nitrogens with zero attached hydrogens (tertiary/aromatic N) is 3. The van der Waals surface area contributed by atoms with Crippen molar-refractivity contribution < 1.29 is 19.1 Å². The maximum Gasteiger partial charge on any atom is 0.356 e. The first-order chi connectivity index (χ1) is 14.3. The van der Waals surface area contributed by atoms with Gasteiger partial charge in [-0.15, -0.1) is 0 Å². The van der Waals surface area contributed by atoms with Crippen LogP contribution in [0.25, 0.3) is 17.3 Å². The zero-order valence-electron chi connectivity index (χ0n) is 16.0. The minimum atomic E-state index is -1.18. The summed E-state index contributed by atoms with van der Waals surface area (Å²) in [6.07, 6.45) is 1.81. The van der Waals surface area contributed by atoms with Crippen LogP contribution in [0.1, 0.15) is 34.2 Å². The number of halogens is 2. The monoisotopic (exact) mass is 425 g/mol. The number of aromatic nitrogens is 2. The molecule has 3 aromatic rings. The van der Waals surface area contributed by atoms with E-state index in [-0.39, 0.29) is 30.5 Å². The summed E-state index contributed by atoms with van der Waals surface area (Å²) in [5.74, 6) is -1.71. The van der Waals surface area contributed by atoms with Gasteiger partial charge in [-0.05, 0) is 53.6 Å². The number of amides is 1. The van der Waals surface area contributed by atoms with Gasteiger partial charge >= 0.3 is 5.97 Å². The molecule has 0 aliphatic carbocycles. The van der Waals surface area contributed by atoms with E-state index in [1.54, 1.807) is 46.0 Å². The molecule has 2 aromatic carbocycles. The Morgan fingerprint density at radius 3 is 2.37 bits per heavy atom. The van der Waals surface area contributed by atoms with Gasteiger partial charge in [0.05, 0.1) is 17.9 Å². The van der Waals surface area contributed by atoms with Crippen molar-refractivity contribution in [3.8, 4) is 5.69 Å². The number of carboxylic acids is 1. The summed E-state index contributed by atoms with van der Waals surface area (Å²) in [6.45, 7) is 1.85. The van der Waals surface area contributed by atoms with Gasteiger partial charge in [0.2, 0.25) is 5.91 Å². The van der Waals surface area contributed by atoms with Crippen LogP contribution < -0.4 is 0 Å². The predicted molar refractivity (Wildman–Crippen MR) is 111 cm³/mol. The highest BCUT2D eigenvalue weighted by Gasteiger charge is 2.32. The van der Waals surface area contributed by atoms with Gasteiger partial charge in [-0.25, -0.2) is 13.9 Å². The Morgan fingerprint density at radius 2 is 1.77 bits per heavy atom. The highest BCUT2D eigenvalue weighted by atomic mass is 35.5. The van der Waals surface area contributed by atoms with Crippen LogP contribution in [0, 0.1) is 5.82 Å². The summed E-state index contributed by atoms with van der Waals surface area (Å²) in [6, 6.07) is 12.8. The van der Waals surface area contributed by atoms with Crippen LogP contribution in [-0.4, -0.2) is 38.2 Å². The zero-order chi connectivity index (χ0) is 21.4. The fourth-order valence-corrected chi connectivity index (χ4v) is 3.62. The second-order valence-electron chi connectivity index (χ2n) is 6.97. The average molecular weight is 426 g/mol. The van der Waals surface area contributed by atoms with E-state index >= 15 is 0 Å². The van der Waals surface area contributed by atoms with Crippen molar-refractivity contribution in [1.29, 1.82) is 0 Å². The second kappa shape index (κ2) is 7.76. The van der Waals surface area contributed by atoms with Gasteiger partial charge in [-0.3, -0.25) is 4.79 Å². The maximum absolute atomic E-state index is 13.3. The van der Waals surface area contributed by atoms with Gasteiger partial charge in [0.15, 0.2) is 5.69 Å². The van der Waals surface area contributed by atoms with Crippen LogP contribution in [0.3, 0.4) is 0 Å². The Balaban J connectivity index is 1.95. The van der Waals surface area contributed by atoms with E-state index in [1.165, 1.54) is 19.1 Å². The molecule has 0 saturated carbocycles. The van der Waals surface area contributed by atoms with Crippen LogP contribution in [0.5, 0.6) is 0 Å². The van der Waals surface area contributed by atoms with E-state index in [0.717, 1.165) is 5.56 Å². The smallest absolute Gasteiger partial charge is 0.356 e. The first-order valence-corrected chi connectivity index (χ1v) is 9.54. The summed E-state index contributed by atoms with van der Waals surface area (Å²) < 4.78 is 14.9. The Kier molecular flexibility index (Phi) is 5.13. The molecule has 1 amide bonds. The van der Waals surface area contributed by atoms with Crippen molar-refractivity contribution in [2.75, 3.05) is 6.54 Å². The van der Waals surface area contributed by atoms with Gasteiger partial charge < -0.3 is 10.0 Å². The molecule has 1 aliphatic rings. The third kappa shape index (κ3) is 3.71. The number of carboxylic acid groups (broad SMARTS) is 1. The number of hydrogen-bond acceptors (Lipinski definition) is 3. The SMILES string of the molecule is CC(=O)N1CC(=Cc2ccc(F)cc2)c2c(c(C(=O)O)nn2-c2ccc(Cl)cc2)C1. The highest BCUT2D eigenvalue weighted by molar-refractivity contribution is 6.30. The maximum atomic E-state index is 13.3. The number of aromatic carboxylic acids is 1. The normalized spacial score (nSPS) is 14.6. The molecular formula is C22H17ClFN3O3. The van der Waals surface area contributed by atoms with Crippen LogP contribution in [0.15, 0.2) is 48.5 Å². The van der Waals surface area contributed by atoms with Gasteiger partial charge in [-0.2, -0.15) is 5.10 Å². The number of carbonyl (C=O) groups is 2. The van der Waals surface area contributed by atoms with Crippen LogP contribution in [0.2, 0.25) is 5.02 Å². The third-order valence-corrected chi connectivity index (χ3v) is 5.18. The molecular weight excluding hydrogens is 409 g/mol. The summed E-state index contributed by atoms with van der Waals surface area (Å²) in [4.78, 5) is 25.5. The number of hydrogen-bond donors (Lipinski definition) is 1. The van der Waals surface area contributed by atoms with Crippen molar-refractivity contribution in [3.05, 3.63) is 81.9 Å². The first-order valence-electron chi connectivity index (χ1n) is 9.16. The lowest BCUT2D eigenvalue weighted by Crippen LogP contribution is -2.34. The zero-order valence-corrected chi connectivity index (χ0v) is 16.7. The van der Waals surface area contributed by atoms with E-state index in [0.29, 0.717) is 27.5 Å². The van der Waals surface area contributed by atoms with Gasteiger partial charge in [0.25, 0.3) is 0 Å². The van der Waals surface area contributed by atoms with Crippen LogP contribution in [0.4, 0.5) is 4.39 Å². The molecule has 8 heteroatoms. The molecule has 2 heterocycles. The van der Waals surface area contributed by atoms with E-state index in [2.05, 4.69) is 5.10 Å². The van der Waals surface area contributed by atoms with Crippen molar-refractivity contribution in [3.63, 3.8) is 0 Å². The predicted octanol–water partition coefficient (Wildman–Crippen LogP) is 4.27. The number of fused-ring (bicyclic) bond motifs is 1. The molecule has 6 nitrogen and oxygen atoms in total. The summed E-state index contributed by atoms with van der Waals surface area (Å²) in [5, 5.41) is 14.6. The lowest BCUT2D eigenvalue weighted by molar-refractivity contribution is -0.128. The summed E-state index contributed by atoms with van der Waals surface area (Å²) in [7, 11) is 0. The molecule has 0 radical (unpaired) electrons. The van der Waals surface area contributed by atoms with Crippen molar-refractivity contribution >= 4 is 35.1 Å². The molecule has 0 spiro atoms. The molecule has 152 valence electrons. The molecule has 4 rings (SSSR count). The quantitative estimate of drug-likeness (QED) is 0.680. The molecule has 1 aliphatic heterocycles. The molecule has 0 saturated heterocycles. The topological polar surface area (TPSA) is 75.4 Å². The van der Waals surface area contributed by atoms with Crippen LogP contribution in [-0.2, 0) is 11.3 Å². The largest absolute Gasteiger partial charge is 0.476 e. The molecule has 0 atom stereocenters.